The number of rotatable bonds is 5. The van der Waals surface area contributed by atoms with Crippen molar-refractivity contribution < 1.29 is 13.2 Å². The molecule has 0 aliphatic rings. The van der Waals surface area contributed by atoms with Gasteiger partial charge in [0.25, 0.3) is 0 Å². The molecular weight excluding hydrogens is 325 g/mol. The van der Waals surface area contributed by atoms with E-state index in [-0.39, 0.29) is 0 Å². The largest absolute Gasteiger partial charge is 0.416 e. The zero-order valence-corrected chi connectivity index (χ0v) is 13.9. The highest BCUT2D eigenvalue weighted by molar-refractivity contribution is 5.94. The first-order chi connectivity index (χ1) is 11.9. The minimum Gasteiger partial charge on any atom is -0.385 e. The SMILES string of the molecule is C=C(NCCC)c1c[nH]c2ccc(-c3cccc(C(F)(F)F)c3)cc12. The van der Waals surface area contributed by atoms with E-state index in [1.165, 1.54) is 12.1 Å². The van der Waals surface area contributed by atoms with E-state index in [1.54, 1.807) is 6.07 Å². The Morgan fingerprint density at radius 2 is 1.88 bits per heavy atom. The molecule has 0 saturated heterocycles. The standard InChI is InChI=1S/C20H19F3N2/c1-3-9-24-13(2)18-12-25-19-8-7-15(11-17(18)19)14-5-4-6-16(10-14)20(21,22)23/h4-8,10-12,24-25H,2-3,9H2,1H3. The molecule has 0 aliphatic heterocycles. The van der Waals surface area contributed by atoms with Crippen molar-refractivity contribution in [2.24, 2.45) is 0 Å². The lowest BCUT2D eigenvalue weighted by Gasteiger charge is -2.10. The van der Waals surface area contributed by atoms with Gasteiger partial charge in [-0.2, -0.15) is 13.2 Å². The second kappa shape index (κ2) is 6.67. The summed E-state index contributed by atoms with van der Waals surface area (Å²) in [7, 11) is 0. The number of fused-ring (bicyclic) bond motifs is 1. The molecular formula is C20H19F3N2. The van der Waals surface area contributed by atoms with Gasteiger partial charge in [0.1, 0.15) is 0 Å². The summed E-state index contributed by atoms with van der Waals surface area (Å²) in [6.07, 6.45) is -1.50. The monoisotopic (exact) mass is 344 g/mol. The molecule has 0 spiro atoms. The maximum absolute atomic E-state index is 13.0. The third-order valence-corrected chi connectivity index (χ3v) is 4.12. The Bertz CT molecular complexity index is 907. The molecule has 0 aliphatic carbocycles. The zero-order chi connectivity index (χ0) is 18.0. The van der Waals surface area contributed by atoms with Crippen molar-refractivity contribution in [1.82, 2.24) is 10.3 Å². The summed E-state index contributed by atoms with van der Waals surface area (Å²) in [6, 6.07) is 11.0. The van der Waals surface area contributed by atoms with Gasteiger partial charge in [-0.25, -0.2) is 0 Å². The summed E-state index contributed by atoms with van der Waals surface area (Å²) >= 11 is 0. The van der Waals surface area contributed by atoms with Crippen LogP contribution in [0.15, 0.2) is 55.2 Å². The van der Waals surface area contributed by atoms with Crippen LogP contribution in [0.5, 0.6) is 0 Å². The maximum Gasteiger partial charge on any atom is 0.416 e. The lowest BCUT2D eigenvalue weighted by atomic mass is 10.00. The van der Waals surface area contributed by atoms with Crippen molar-refractivity contribution in [2.75, 3.05) is 6.54 Å². The molecule has 2 N–H and O–H groups in total. The van der Waals surface area contributed by atoms with Crippen LogP contribution in [-0.2, 0) is 6.18 Å². The van der Waals surface area contributed by atoms with Gasteiger partial charge in [-0.3, -0.25) is 0 Å². The summed E-state index contributed by atoms with van der Waals surface area (Å²) in [5.74, 6) is 0. The van der Waals surface area contributed by atoms with E-state index in [4.69, 9.17) is 0 Å². The van der Waals surface area contributed by atoms with Gasteiger partial charge in [0, 0.05) is 34.9 Å². The summed E-state index contributed by atoms with van der Waals surface area (Å²) in [4.78, 5) is 3.18. The molecule has 0 amide bonds. The lowest BCUT2D eigenvalue weighted by Crippen LogP contribution is -2.11. The van der Waals surface area contributed by atoms with E-state index < -0.39 is 11.7 Å². The normalized spacial score (nSPS) is 11.7. The first kappa shape index (κ1) is 17.1. The highest BCUT2D eigenvalue weighted by Crippen LogP contribution is 2.33. The summed E-state index contributed by atoms with van der Waals surface area (Å²) in [6.45, 7) is 6.94. The molecule has 2 nitrogen and oxygen atoms in total. The molecule has 0 unspecified atom stereocenters. The smallest absolute Gasteiger partial charge is 0.385 e. The molecule has 0 fully saturated rings. The van der Waals surface area contributed by atoms with Crippen molar-refractivity contribution in [2.45, 2.75) is 19.5 Å². The number of aromatic nitrogens is 1. The van der Waals surface area contributed by atoms with Crippen LogP contribution in [0.2, 0.25) is 0 Å². The first-order valence-electron chi connectivity index (χ1n) is 8.12. The average molecular weight is 344 g/mol. The van der Waals surface area contributed by atoms with Gasteiger partial charge in [-0.05, 0) is 41.8 Å². The highest BCUT2D eigenvalue weighted by atomic mass is 19.4. The Morgan fingerprint density at radius 3 is 2.60 bits per heavy atom. The van der Waals surface area contributed by atoms with Crippen LogP contribution in [0.4, 0.5) is 13.2 Å². The van der Waals surface area contributed by atoms with Gasteiger partial charge in [0.2, 0.25) is 0 Å². The molecule has 25 heavy (non-hydrogen) atoms. The molecule has 0 atom stereocenters. The Labute approximate surface area is 144 Å². The Morgan fingerprint density at radius 1 is 1.12 bits per heavy atom. The third-order valence-electron chi connectivity index (χ3n) is 4.12. The number of hydrogen-bond donors (Lipinski definition) is 2. The van der Waals surface area contributed by atoms with Gasteiger partial charge in [0.05, 0.1) is 5.56 Å². The fourth-order valence-electron chi connectivity index (χ4n) is 2.80. The molecule has 0 saturated carbocycles. The van der Waals surface area contributed by atoms with E-state index in [2.05, 4.69) is 23.8 Å². The van der Waals surface area contributed by atoms with E-state index in [0.29, 0.717) is 5.56 Å². The number of H-pyrrole nitrogens is 1. The van der Waals surface area contributed by atoms with Crippen molar-refractivity contribution in [1.29, 1.82) is 0 Å². The Kier molecular flexibility index (Phi) is 4.57. The van der Waals surface area contributed by atoms with Crippen LogP contribution in [0.3, 0.4) is 0 Å². The second-order valence-electron chi connectivity index (χ2n) is 5.95. The molecule has 3 aromatic rings. The second-order valence-corrected chi connectivity index (χ2v) is 5.95. The van der Waals surface area contributed by atoms with Crippen LogP contribution in [0.1, 0.15) is 24.5 Å². The van der Waals surface area contributed by atoms with E-state index in [1.807, 2.05) is 24.4 Å². The van der Waals surface area contributed by atoms with Gasteiger partial charge in [-0.1, -0.05) is 31.7 Å². The fourth-order valence-corrected chi connectivity index (χ4v) is 2.80. The van der Waals surface area contributed by atoms with Crippen LogP contribution in [0, 0.1) is 0 Å². The molecule has 1 heterocycles. The number of aromatic amines is 1. The molecule has 0 radical (unpaired) electrons. The topological polar surface area (TPSA) is 27.8 Å². The first-order valence-corrected chi connectivity index (χ1v) is 8.12. The number of alkyl halides is 3. The molecule has 130 valence electrons. The Hall–Kier alpha value is -2.69. The molecule has 5 heteroatoms. The van der Waals surface area contributed by atoms with E-state index in [9.17, 15) is 13.2 Å². The van der Waals surface area contributed by atoms with E-state index >= 15 is 0 Å². The van der Waals surface area contributed by atoms with Gasteiger partial charge in [-0.15, -0.1) is 0 Å². The van der Waals surface area contributed by atoms with Crippen molar-refractivity contribution in [3.8, 4) is 11.1 Å². The van der Waals surface area contributed by atoms with Crippen molar-refractivity contribution >= 4 is 16.6 Å². The predicted molar refractivity (Wildman–Crippen MR) is 96.1 cm³/mol. The molecule has 3 rings (SSSR count). The van der Waals surface area contributed by atoms with Crippen LogP contribution in [0.25, 0.3) is 27.7 Å². The summed E-state index contributed by atoms with van der Waals surface area (Å²) in [5.41, 5.74) is 3.28. The van der Waals surface area contributed by atoms with Gasteiger partial charge in [0.15, 0.2) is 0 Å². The Balaban J connectivity index is 2.02. The third kappa shape index (κ3) is 3.55. The molecule has 1 aromatic heterocycles. The lowest BCUT2D eigenvalue weighted by molar-refractivity contribution is -0.137. The van der Waals surface area contributed by atoms with Crippen molar-refractivity contribution in [3.63, 3.8) is 0 Å². The van der Waals surface area contributed by atoms with Crippen LogP contribution in [-0.4, -0.2) is 11.5 Å². The average Bonchev–Trinajstić information content (AvgIpc) is 3.02. The zero-order valence-electron chi connectivity index (χ0n) is 13.9. The quantitative estimate of drug-likeness (QED) is 0.599. The summed E-state index contributed by atoms with van der Waals surface area (Å²) in [5, 5.41) is 4.19. The predicted octanol–water partition coefficient (Wildman–Crippen LogP) is 5.82. The minimum atomic E-state index is -4.35. The molecule has 2 aromatic carbocycles. The number of halogens is 3. The fraction of sp³-hybridized carbons (Fsp3) is 0.200. The van der Waals surface area contributed by atoms with Gasteiger partial charge < -0.3 is 10.3 Å². The number of hydrogen-bond acceptors (Lipinski definition) is 1. The van der Waals surface area contributed by atoms with Gasteiger partial charge >= 0.3 is 6.18 Å². The maximum atomic E-state index is 13.0. The van der Waals surface area contributed by atoms with Crippen LogP contribution < -0.4 is 5.32 Å². The minimum absolute atomic E-state index is 0.538. The molecule has 0 bridgehead atoms. The van der Waals surface area contributed by atoms with E-state index in [0.717, 1.165) is 46.8 Å². The number of benzene rings is 2. The summed E-state index contributed by atoms with van der Waals surface area (Å²) < 4.78 is 38.9. The number of nitrogens with one attached hydrogen (secondary N) is 2. The van der Waals surface area contributed by atoms with Crippen LogP contribution >= 0.6 is 0 Å². The van der Waals surface area contributed by atoms with Crippen molar-refractivity contribution in [3.05, 3.63) is 66.4 Å². The highest BCUT2D eigenvalue weighted by Gasteiger charge is 2.30.